The number of nitrogens with one attached hydrogen (secondary N) is 2. The maximum Gasteiger partial charge on any atom is 0.324 e. The summed E-state index contributed by atoms with van der Waals surface area (Å²) in [6, 6.07) is 13.5. The van der Waals surface area contributed by atoms with Crippen molar-refractivity contribution >= 4 is 23.2 Å². The molecule has 0 saturated heterocycles. The SMILES string of the molecule is Cc1cc(=O)n2ccc(-c3ccc(NC(=O)Nc4ccc(F)cc4)nc3)cc2n1. The average Bonchev–Trinajstić information content (AvgIpc) is 2.69. The Morgan fingerprint density at radius 1 is 1.00 bits per heavy atom. The van der Waals surface area contributed by atoms with Crippen molar-refractivity contribution in [2.75, 3.05) is 10.6 Å². The van der Waals surface area contributed by atoms with Gasteiger partial charge in [-0.2, -0.15) is 0 Å². The molecule has 144 valence electrons. The topological polar surface area (TPSA) is 88.4 Å². The Kier molecular flexibility index (Phi) is 4.74. The highest BCUT2D eigenvalue weighted by molar-refractivity contribution is 5.99. The maximum atomic E-state index is 12.9. The summed E-state index contributed by atoms with van der Waals surface area (Å²) < 4.78 is 14.4. The predicted molar refractivity (Wildman–Crippen MR) is 108 cm³/mol. The van der Waals surface area contributed by atoms with Crippen LogP contribution in [0.5, 0.6) is 0 Å². The zero-order valence-electron chi connectivity index (χ0n) is 15.4. The molecule has 29 heavy (non-hydrogen) atoms. The van der Waals surface area contributed by atoms with Crippen molar-refractivity contribution in [2.45, 2.75) is 6.92 Å². The van der Waals surface area contributed by atoms with E-state index in [1.165, 1.54) is 34.7 Å². The summed E-state index contributed by atoms with van der Waals surface area (Å²) in [6.45, 7) is 1.77. The van der Waals surface area contributed by atoms with E-state index in [0.717, 1.165) is 11.1 Å². The van der Waals surface area contributed by atoms with Crippen molar-refractivity contribution < 1.29 is 9.18 Å². The van der Waals surface area contributed by atoms with E-state index in [-0.39, 0.29) is 11.4 Å². The number of amides is 2. The summed E-state index contributed by atoms with van der Waals surface area (Å²) in [7, 11) is 0. The van der Waals surface area contributed by atoms with Crippen molar-refractivity contribution in [3.8, 4) is 11.1 Å². The zero-order valence-corrected chi connectivity index (χ0v) is 15.4. The molecule has 3 aromatic heterocycles. The number of carbonyl (C=O) groups excluding carboxylic acids is 1. The van der Waals surface area contributed by atoms with Gasteiger partial charge in [0, 0.05) is 35.4 Å². The van der Waals surface area contributed by atoms with E-state index in [0.29, 0.717) is 22.8 Å². The van der Waals surface area contributed by atoms with Crippen molar-refractivity contribution in [1.82, 2.24) is 14.4 Å². The Balaban J connectivity index is 1.50. The van der Waals surface area contributed by atoms with Crippen LogP contribution >= 0.6 is 0 Å². The molecule has 0 atom stereocenters. The lowest BCUT2D eigenvalue weighted by molar-refractivity contribution is 0.262. The van der Waals surface area contributed by atoms with Crippen LogP contribution in [0.25, 0.3) is 16.8 Å². The fraction of sp³-hybridized carbons (Fsp3) is 0.0476. The fourth-order valence-electron chi connectivity index (χ4n) is 2.85. The molecule has 0 aliphatic rings. The van der Waals surface area contributed by atoms with E-state index in [1.54, 1.807) is 43.6 Å². The second-order valence-electron chi connectivity index (χ2n) is 6.40. The minimum atomic E-state index is -0.485. The Bertz CT molecular complexity index is 1250. The van der Waals surface area contributed by atoms with E-state index in [1.807, 2.05) is 0 Å². The van der Waals surface area contributed by atoms with Crippen LogP contribution in [0.15, 0.2) is 71.8 Å². The van der Waals surface area contributed by atoms with Crippen LogP contribution in [0.4, 0.5) is 20.7 Å². The number of halogens is 1. The maximum absolute atomic E-state index is 12.9. The third kappa shape index (κ3) is 4.11. The number of benzene rings is 1. The average molecular weight is 389 g/mol. The lowest BCUT2D eigenvalue weighted by Gasteiger charge is -2.08. The molecule has 2 N–H and O–H groups in total. The Hall–Kier alpha value is -4.07. The highest BCUT2D eigenvalue weighted by Gasteiger charge is 2.06. The molecule has 1 aromatic carbocycles. The second-order valence-corrected chi connectivity index (χ2v) is 6.40. The molecular weight excluding hydrogens is 373 g/mol. The molecule has 0 radical (unpaired) electrons. The van der Waals surface area contributed by atoms with Gasteiger partial charge in [-0.3, -0.25) is 14.5 Å². The molecule has 7 nitrogen and oxygen atoms in total. The summed E-state index contributed by atoms with van der Waals surface area (Å²) in [6.07, 6.45) is 3.29. The van der Waals surface area contributed by atoms with Crippen LogP contribution in [0.1, 0.15) is 5.69 Å². The first kappa shape index (κ1) is 18.3. The minimum absolute atomic E-state index is 0.135. The molecule has 8 heteroatoms. The van der Waals surface area contributed by atoms with Gasteiger partial charge in [-0.05, 0) is 61.0 Å². The second kappa shape index (κ2) is 7.51. The first-order chi connectivity index (χ1) is 14.0. The highest BCUT2D eigenvalue weighted by Crippen LogP contribution is 2.20. The molecule has 2 amide bonds. The molecule has 0 fully saturated rings. The number of nitrogens with zero attached hydrogens (tertiary/aromatic N) is 3. The van der Waals surface area contributed by atoms with Crippen molar-refractivity contribution in [2.24, 2.45) is 0 Å². The van der Waals surface area contributed by atoms with E-state index >= 15 is 0 Å². The number of aryl methyl sites for hydroxylation is 1. The molecule has 4 rings (SSSR count). The summed E-state index contributed by atoms with van der Waals surface area (Å²) >= 11 is 0. The van der Waals surface area contributed by atoms with E-state index in [2.05, 4.69) is 20.6 Å². The number of anilines is 2. The number of rotatable bonds is 3. The summed E-state index contributed by atoms with van der Waals surface area (Å²) in [5.74, 6) is -0.0171. The summed E-state index contributed by atoms with van der Waals surface area (Å²) in [5.41, 5.74) is 3.19. The normalized spacial score (nSPS) is 10.7. The number of hydrogen-bond acceptors (Lipinski definition) is 4. The molecule has 0 bridgehead atoms. The van der Waals surface area contributed by atoms with Gasteiger partial charge in [0.1, 0.15) is 17.3 Å². The van der Waals surface area contributed by atoms with Gasteiger partial charge >= 0.3 is 6.03 Å². The lowest BCUT2D eigenvalue weighted by atomic mass is 10.1. The highest BCUT2D eigenvalue weighted by atomic mass is 19.1. The van der Waals surface area contributed by atoms with Gasteiger partial charge in [0.2, 0.25) is 0 Å². The number of hydrogen-bond donors (Lipinski definition) is 2. The van der Waals surface area contributed by atoms with Gasteiger partial charge < -0.3 is 5.32 Å². The van der Waals surface area contributed by atoms with Gasteiger partial charge in [0.25, 0.3) is 5.56 Å². The summed E-state index contributed by atoms with van der Waals surface area (Å²) in [5, 5.41) is 5.21. The Labute approximate surface area is 164 Å². The standard InChI is InChI=1S/C21H16FN5O2/c1-13-10-20(28)27-9-8-14(11-19(27)24-13)15-2-7-18(23-12-15)26-21(29)25-17-5-3-16(22)4-6-17/h2-12H,1H3,(H2,23,25,26,29). The molecule has 0 unspecified atom stereocenters. The molecule has 4 aromatic rings. The van der Waals surface area contributed by atoms with Gasteiger partial charge in [0.15, 0.2) is 0 Å². The molecule has 0 aliphatic heterocycles. The third-order valence-electron chi connectivity index (χ3n) is 4.24. The monoisotopic (exact) mass is 389 g/mol. The van der Waals surface area contributed by atoms with Crippen molar-refractivity contribution in [3.05, 3.63) is 88.9 Å². The van der Waals surface area contributed by atoms with E-state index in [9.17, 15) is 14.0 Å². The number of aromatic nitrogens is 3. The van der Waals surface area contributed by atoms with Crippen molar-refractivity contribution in [3.63, 3.8) is 0 Å². The van der Waals surface area contributed by atoms with Crippen LogP contribution in [-0.2, 0) is 0 Å². The quantitative estimate of drug-likeness (QED) is 0.557. The van der Waals surface area contributed by atoms with Gasteiger partial charge in [-0.25, -0.2) is 19.2 Å². The van der Waals surface area contributed by atoms with Gasteiger partial charge in [-0.15, -0.1) is 0 Å². The molecule has 0 saturated carbocycles. The number of urea groups is 1. The largest absolute Gasteiger partial charge is 0.324 e. The van der Waals surface area contributed by atoms with Crippen LogP contribution in [0.3, 0.4) is 0 Å². The Morgan fingerprint density at radius 2 is 1.79 bits per heavy atom. The molecule has 0 aliphatic carbocycles. The molecule has 3 heterocycles. The van der Waals surface area contributed by atoms with Gasteiger partial charge in [-0.1, -0.05) is 0 Å². The van der Waals surface area contributed by atoms with Crippen molar-refractivity contribution in [1.29, 1.82) is 0 Å². The number of carbonyl (C=O) groups is 1. The molecular formula is C21H16FN5O2. The minimum Gasteiger partial charge on any atom is -0.308 e. The first-order valence-corrected chi connectivity index (χ1v) is 8.78. The van der Waals surface area contributed by atoms with E-state index < -0.39 is 6.03 Å². The zero-order chi connectivity index (χ0) is 20.4. The van der Waals surface area contributed by atoms with Crippen LogP contribution in [0, 0.1) is 12.7 Å². The van der Waals surface area contributed by atoms with E-state index in [4.69, 9.17) is 0 Å². The Morgan fingerprint density at radius 3 is 2.52 bits per heavy atom. The van der Waals surface area contributed by atoms with Gasteiger partial charge in [0.05, 0.1) is 0 Å². The number of fused-ring (bicyclic) bond motifs is 1. The number of pyridine rings is 2. The van der Waals surface area contributed by atoms with Crippen LogP contribution in [-0.4, -0.2) is 20.4 Å². The summed E-state index contributed by atoms with van der Waals surface area (Å²) in [4.78, 5) is 32.6. The smallest absolute Gasteiger partial charge is 0.308 e. The first-order valence-electron chi connectivity index (χ1n) is 8.78. The van der Waals surface area contributed by atoms with Crippen LogP contribution < -0.4 is 16.2 Å². The van der Waals surface area contributed by atoms with Crippen LogP contribution in [0.2, 0.25) is 0 Å². The molecule has 0 spiro atoms. The predicted octanol–water partition coefficient (Wildman–Crippen LogP) is 3.85. The lowest BCUT2D eigenvalue weighted by Crippen LogP contribution is -2.20. The third-order valence-corrected chi connectivity index (χ3v) is 4.24. The fourth-order valence-corrected chi connectivity index (χ4v) is 2.85.